The van der Waals surface area contributed by atoms with Crippen LogP contribution in [0.4, 0.5) is 11.4 Å². The molecule has 0 radical (unpaired) electrons. The zero-order valence-corrected chi connectivity index (χ0v) is 11.0. The molecule has 0 bridgehead atoms. The van der Waals surface area contributed by atoms with E-state index < -0.39 is 17.4 Å². The van der Waals surface area contributed by atoms with Crippen molar-refractivity contribution in [3.63, 3.8) is 0 Å². The Morgan fingerprint density at radius 3 is 2.57 bits per heavy atom. The molecular weight excluding hydrogens is 276 g/mol. The minimum atomic E-state index is -1.20. The molecule has 0 aliphatic rings. The van der Waals surface area contributed by atoms with Gasteiger partial charge in [0.05, 0.1) is 11.3 Å². The number of nitrogen functional groups attached to an aromatic ring is 1. The summed E-state index contributed by atoms with van der Waals surface area (Å²) in [5.41, 5.74) is 5.46. The van der Waals surface area contributed by atoms with E-state index >= 15 is 0 Å². The number of hydrogen-bond donors (Lipinski definition) is 3. The lowest BCUT2D eigenvalue weighted by atomic mass is 10.1. The van der Waals surface area contributed by atoms with E-state index in [4.69, 9.17) is 5.73 Å². The summed E-state index contributed by atoms with van der Waals surface area (Å²) in [6.45, 7) is 0. The number of benzene rings is 1. The van der Waals surface area contributed by atoms with Gasteiger partial charge >= 0.3 is 5.97 Å². The van der Waals surface area contributed by atoms with Crippen molar-refractivity contribution < 1.29 is 14.7 Å². The van der Waals surface area contributed by atoms with Crippen molar-refractivity contribution in [2.75, 3.05) is 17.7 Å². The highest BCUT2D eigenvalue weighted by Gasteiger charge is 2.20. The number of nitrogens with one attached hydrogen (secondary N) is 1. The molecule has 0 fully saturated rings. The monoisotopic (exact) mass is 288 g/mol. The Hall–Kier alpha value is -3.16. The molecule has 0 atom stereocenters. The molecule has 1 aromatic heterocycles. The molecule has 1 heterocycles. The average molecular weight is 288 g/mol. The highest BCUT2D eigenvalue weighted by Crippen LogP contribution is 2.23. The van der Waals surface area contributed by atoms with Gasteiger partial charge < -0.3 is 15.7 Å². The van der Waals surface area contributed by atoms with Gasteiger partial charge in [0.2, 0.25) is 0 Å². The minimum Gasteiger partial charge on any atom is -0.478 e. The number of nitrogens with two attached hydrogens (primary N) is 1. The number of aromatic nitrogens is 2. The summed E-state index contributed by atoms with van der Waals surface area (Å²) in [5.74, 6) is -1.76. The zero-order chi connectivity index (χ0) is 15.6. The lowest BCUT2D eigenvalue weighted by Gasteiger charge is -2.19. The van der Waals surface area contributed by atoms with Gasteiger partial charge in [-0.3, -0.25) is 9.59 Å². The van der Waals surface area contributed by atoms with Crippen LogP contribution in [0.1, 0.15) is 20.8 Å². The first-order valence-electron chi connectivity index (χ1n) is 5.87. The van der Waals surface area contributed by atoms with Crippen LogP contribution < -0.4 is 16.2 Å². The Bertz CT molecular complexity index is 749. The number of carboxylic acid groups (broad SMARTS) is 1. The summed E-state index contributed by atoms with van der Waals surface area (Å²) in [5, 5.41) is 14.9. The Morgan fingerprint density at radius 1 is 1.29 bits per heavy atom. The van der Waals surface area contributed by atoms with E-state index in [1.807, 2.05) is 0 Å². The molecular formula is C13H12N4O4. The van der Waals surface area contributed by atoms with Gasteiger partial charge in [-0.2, -0.15) is 5.10 Å². The van der Waals surface area contributed by atoms with Crippen LogP contribution in [0, 0.1) is 0 Å². The van der Waals surface area contributed by atoms with E-state index in [1.165, 1.54) is 31.3 Å². The molecule has 8 nitrogen and oxygen atoms in total. The molecule has 0 spiro atoms. The molecule has 0 saturated carbocycles. The van der Waals surface area contributed by atoms with E-state index in [1.54, 1.807) is 0 Å². The summed E-state index contributed by atoms with van der Waals surface area (Å²) in [6, 6.07) is 6.61. The predicted molar refractivity (Wildman–Crippen MR) is 75.4 cm³/mol. The lowest BCUT2D eigenvalue weighted by Crippen LogP contribution is -2.29. The smallest absolute Gasteiger partial charge is 0.337 e. The number of anilines is 2. The SMILES string of the molecule is CN(C(=O)c1ccc(=O)[nH]n1)c1ccc(N)cc1C(=O)O. The van der Waals surface area contributed by atoms with Crippen molar-refractivity contribution >= 4 is 23.3 Å². The highest BCUT2D eigenvalue weighted by molar-refractivity contribution is 6.08. The Labute approximate surface area is 118 Å². The summed E-state index contributed by atoms with van der Waals surface area (Å²) in [6.07, 6.45) is 0. The predicted octanol–water partition coefficient (Wildman–Crippen LogP) is 0.327. The number of amides is 1. The van der Waals surface area contributed by atoms with Crippen LogP contribution >= 0.6 is 0 Å². The third-order valence-electron chi connectivity index (χ3n) is 2.82. The number of carboxylic acids is 1. The van der Waals surface area contributed by atoms with E-state index in [9.17, 15) is 19.5 Å². The first-order chi connectivity index (χ1) is 9.90. The molecule has 108 valence electrons. The molecule has 2 aromatic rings. The van der Waals surface area contributed by atoms with Crippen molar-refractivity contribution in [3.05, 3.63) is 51.9 Å². The Kier molecular flexibility index (Phi) is 3.70. The van der Waals surface area contributed by atoms with Gasteiger partial charge in [0.15, 0.2) is 0 Å². The third kappa shape index (κ3) is 2.89. The molecule has 1 amide bonds. The van der Waals surface area contributed by atoms with E-state index in [2.05, 4.69) is 10.2 Å². The van der Waals surface area contributed by atoms with Gasteiger partial charge in [-0.15, -0.1) is 0 Å². The maximum absolute atomic E-state index is 12.2. The van der Waals surface area contributed by atoms with Crippen LogP contribution in [0.3, 0.4) is 0 Å². The third-order valence-corrected chi connectivity index (χ3v) is 2.82. The first-order valence-corrected chi connectivity index (χ1v) is 5.87. The van der Waals surface area contributed by atoms with Crippen molar-refractivity contribution in [1.29, 1.82) is 0 Å². The van der Waals surface area contributed by atoms with Crippen LogP contribution in [-0.2, 0) is 0 Å². The van der Waals surface area contributed by atoms with E-state index in [0.29, 0.717) is 0 Å². The highest BCUT2D eigenvalue weighted by atomic mass is 16.4. The Morgan fingerprint density at radius 2 is 2.00 bits per heavy atom. The fourth-order valence-electron chi connectivity index (χ4n) is 1.76. The summed E-state index contributed by atoms with van der Waals surface area (Å²) in [7, 11) is 1.41. The average Bonchev–Trinajstić information content (AvgIpc) is 2.46. The maximum atomic E-state index is 12.2. The van der Waals surface area contributed by atoms with Crippen molar-refractivity contribution in [1.82, 2.24) is 10.2 Å². The normalized spacial score (nSPS) is 10.1. The second kappa shape index (κ2) is 5.45. The second-order valence-electron chi connectivity index (χ2n) is 4.25. The number of hydrogen-bond acceptors (Lipinski definition) is 5. The minimum absolute atomic E-state index is 0.00902. The largest absolute Gasteiger partial charge is 0.478 e. The topological polar surface area (TPSA) is 129 Å². The number of H-pyrrole nitrogens is 1. The van der Waals surface area contributed by atoms with Crippen LogP contribution in [-0.4, -0.2) is 34.2 Å². The molecule has 8 heteroatoms. The molecule has 4 N–H and O–H groups in total. The van der Waals surface area contributed by atoms with Crippen molar-refractivity contribution in [3.8, 4) is 0 Å². The van der Waals surface area contributed by atoms with Crippen molar-refractivity contribution in [2.24, 2.45) is 0 Å². The molecule has 1 aromatic carbocycles. The molecule has 0 aliphatic heterocycles. The van der Waals surface area contributed by atoms with Crippen LogP contribution in [0.15, 0.2) is 35.1 Å². The second-order valence-corrected chi connectivity index (χ2v) is 4.25. The van der Waals surface area contributed by atoms with Crippen LogP contribution in [0.5, 0.6) is 0 Å². The number of aromatic amines is 1. The van der Waals surface area contributed by atoms with Gasteiger partial charge in [-0.05, 0) is 24.3 Å². The first kappa shape index (κ1) is 14.3. The molecule has 0 unspecified atom stereocenters. The van der Waals surface area contributed by atoms with Gasteiger partial charge in [-0.1, -0.05) is 0 Å². The number of rotatable bonds is 3. The Balaban J connectivity index is 2.42. The molecule has 21 heavy (non-hydrogen) atoms. The fourth-order valence-corrected chi connectivity index (χ4v) is 1.76. The summed E-state index contributed by atoms with van der Waals surface area (Å²) < 4.78 is 0. The lowest BCUT2D eigenvalue weighted by molar-refractivity contribution is 0.0698. The number of carbonyl (C=O) groups excluding carboxylic acids is 1. The standard InChI is InChI=1S/C13H12N4O4/c1-17(12(19)9-3-5-11(18)16-15-9)10-4-2-7(14)6-8(10)13(20)21/h2-6H,14H2,1H3,(H,16,18)(H,20,21). The quantitative estimate of drug-likeness (QED) is 0.698. The van der Waals surface area contributed by atoms with Gasteiger partial charge in [0.25, 0.3) is 11.5 Å². The molecule has 0 aliphatic carbocycles. The van der Waals surface area contributed by atoms with E-state index in [0.717, 1.165) is 11.0 Å². The number of carbonyl (C=O) groups is 2. The summed E-state index contributed by atoms with van der Waals surface area (Å²) >= 11 is 0. The maximum Gasteiger partial charge on any atom is 0.337 e. The summed E-state index contributed by atoms with van der Waals surface area (Å²) in [4.78, 5) is 35.5. The van der Waals surface area contributed by atoms with Gasteiger partial charge in [-0.25, -0.2) is 9.89 Å². The van der Waals surface area contributed by atoms with Gasteiger partial charge in [0, 0.05) is 18.8 Å². The van der Waals surface area contributed by atoms with Gasteiger partial charge in [0.1, 0.15) is 5.69 Å². The van der Waals surface area contributed by atoms with Crippen LogP contribution in [0.25, 0.3) is 0 Å². The van der Waals surface area contributed by atoms with Crippen LogP contribution in [0.2, 0.25) is 0 Å². The molecule has 2 rings (SSSR count). The van der Waals surface area contributed by atoms with Crippen molar-refractivity contribution in [2.45, 2.75) is 0 Å². The molecule has 0 saturated heterocycles. The fraction of sp³-hybridized carbons (Fsp3) is 0.0769. The number of aromatic carboxylic acids is 1. The van der Waals surface area contributed by atoms with E-state index in [-0.39, 0.29) is 22.6 Å². The number of nitrogens with zero attached hydrogens (tertiary/aromatic N) is 2. The zero-order valence-electron chi connectivity index (χ0n) is 11.0.